The van der Waals surface area contributed by atoms with Crippen LogP contribution in [0.4, 0.5) is 0 Å². The van der Waals surface area contributed by atoms with Crippen LogP contribution in [-0.4, -0.2) is 92.7 Å². The van der Waals surface area contributed by atoms with Crippen molar-refractivity contribution in [3.63, 3.8) is 0 Å². The molecule has 4 radical (unpaired) electrons. The van der Waals surface area contributed by atoms with Gasteiger partial charge in [-0.3, -0.25) is 0 Å². The molecule has 0 spiro atoms. The number of rotatable bonds is 7. The molecule has 0 heterocycles. The minimum absolute atomic E-state index is 0.559. The standard InChI is InChI=1S/C24H54As8/c1-19(2,3)25-29(21(7,8)9)31(23(13,14)15)27-28-32(24(16,17)18)30(22(10,11)12)26-20(4,5)6/h1-18H3. The van der Waals surface area contributed by atoms with E-state index in [0.29, 0.717) is 75.8 Å². The third-order valence-electron chi connectivity index (χ3n) is 3.76. The van der Waals surface area contributed by atoms with Crippen LogP contribution in [0.2, 0.25) is 25.2 Å². The average molecular weight is 942 g/mol. The third kappa shape index (κ3) is 14.6. The predicted molar refractivity (Wildman–Crippen MR) is 164 cm³/mol. The zero-order chi connectivity index (χ0) is 26.1. The first-order valence-corrected chi connectivity index (χ1v) is 53.8. The maximum absolute atomic E-state index is 2.69. The molecule has 4 unspecified atom stereocenters. The maximum atomic E-state index is 2.69. The Kier molecular flexibility index (Phi) is 15.1. The zero-order valence-electron chi connectivity index (χ0n) is 24.6. The van der Waals surface area contributed by atoms with Crippen LogP contribution < -0.4 is 0 Å². The van der Waals surface area contributed by atoms with Gasteiger partial charge < -0.3 is 0 Å². The predicted octanol–water partition coefficient (Wildman–Crippen LogP) is 7.48. The van der Waals surface area contributed by atoms with E-state index in [1.807, 2.05) is 0 Å². The van der Waals surface area contributed by atoms with Crippen LogP contribution in [0.1, 0.15) is 125 Å². The fraction of sp³-hybridized carbons (Fsp3) is 1.00. The van der Waals surface area contributed by atoms with E-state index in [1.165, 1.54) is 0 Å². The third-order valence-corrected chi connectivity index (χ3v) is 282. The van der Waals surface area contributed by atoms with Gasteiger partial charge >= 0.3 is 243 Å². The molecule has 8 heteroatoms. The molecule has 0 aliphatic rings. The van der Waals surface area contributed by atoms with Crippen LogP contribution in [0, 0.1) is 0 Å². The minimum atomic E-state index is -0.751. The number of hydrogen-bond donors (Lipinski definition) is 0. The molecule has 32 heavy (non-hydrogen) atoms. The Morgan fingerprint density at radius 2 is 0.500 bits per heavy atom. The van der Waals surface area contributed by atoms with Crippen molar-refractivity contribution < 1.29 is 0 Å². The SMILES string of the molecule is CC(C)(C)[As][As]([As]([As][As][As]([As]([As]C(C)(C)C)C(C)(C)C)C(C)(C)C)C(C)(C)C)C(C)(C)C. The van der Waals surface area contributed by atoms with Gasteiger partial charge in [-0.15, -0.1) is 0 Å². The summed E-state index contributed by atoms with van der Waals surface area (Å²) in [5.74, 6) is 0. The first-order chi connectivity index (χ1) is 13.7. The van der Waals surface area contributed by atoms with E-state index in [1.54, 1.807) is 0 Å². The summed E-state index contributed by atoms with van der Waals surface area (Å²) in [6.45, 7) is 47.6. The summed E-state index contributed by atoms with van der Waals surface area (Å²) in [6, 6.07) is 0. The molecule has 0 saturated heterocycles. The molecule has 0 fully saturated rings. The molecule has 0 aromatic carbocycles. The van der Waals surface area contributed by atoms with Gasteiger partial charge in [0.1, 0.15) is 0 Å². The molecule has 0 aromatic rings. The van der Waals surface area contributed by atoms with Crippen LogP contribution in [0.3, 0.4) is 0 Å². The van der Waals surface area contributed by atoms with Crippen LogP contribution >= 0.6 is 0 Å². The quantitative estimate of drug-likeness (QED) is 0.233. The summed E-state index contributed by atoms with van der Waals surface area (Å²) in [6.07, 6.45) is 0. The first kappa shape index (κ1) is 36.5. The summed E-state index contributed by atoms with van der Waals surface area (Å²) in [5, 5.41) is 0. The van der Waals surface area contributed by atoms with Crippen molar-refractivity contribution in [2.75, 3.05) is 0 Å². The van der Waals surface area contributed by atoms with Crippen LogP contribution in [0.25, 0.3) is 0 Å². The van der Waals surface area contributed by atoms with E-state index in [9.17, 15) is 0 Å². The normalized spacial score (nSPS) is 20.4. The fourth-order valence-electron chi connectivity index (χ4n) is 2.51. The van der Waals surface area contributed by atoms with Gasteiger partial charge in [-0.05, 0) is 0 Å². The van der Waals surface area contributed by atoms with E-state index in [4.69, 9.17) is 0 Å². The molecule has 190 valence electrons. The first-order valence-electron chi connectivity index (χ1n) is 11.7. The van der Waals surface area contributed by atoms with E-state index in [-0.39, 0.29) is 0 Å². The second-order valence-corrected chi connectivity index (χ2v) is 132. The Bertz CT molecular complexity index is 510. The van der Waals surface area contributed by atoms with Gasteiger partial charge in [0.25, 0.3) is 0 Å². The van der Waals surface area contributed by atoms with E-state index >= 15 is 0 Å². The van der Waals surface area contributed by atoms with Gasteiger partial charge in [-0.1, -0.05) is 0 Å². The molecule has 0 bridgehead atoms. The van der Waals surface area contributed by atoms with Gasteiger partial charge in [0.2, 0.25) is 0 Å². The average Bonchev–Trinajstić information content (AvgIpc) is 2.41. The van der Waals surface area contributed by atoms with E-state index in [0.717, 1.165) is 0 Å². The molecule has 0 N–H and O–H groups in total. The molecule has 0 nitrogen and oxygen atoms in total. The van der Waals surface area contributed by atoms with Gasteiger partial charge in [-0.25, -0.2) is 0 Å². The molecule has 0 aliphatic carbocycles. The molecule has 0 aliphatic heterocycles. The van der Waals surface area contributed by atoms with Crippen molar-refractivity contribution in [1.82, 2.24) is 0 Å². The summed E-state index contributed by atoms with van der Waals surface area (Å²) in [4.78, 5) is 0. The molecule has 0 saturated carbocycles. The van der Waals surface area contributed by atoms with Gasteiger partial charge in [0.05, 0.1) is 0 Å². The summed E-state index contributed by atoms with van der Waals surface area (Å²) < 4.78 is 3.88. The number of hydrogen-bond acceptors (Lipinski definition) is 0. The van der Waals surface area contributed by atoms with Crippen molar-refractivity contribution in [3.8, 4) is 0 Å². The van der Waals surface area contributed by atoms with Crippen molar-refractivity contribution in [2.24, 2.45) is 0 Å². The monoisotopic (exact) mass is 942 g/mol. The second-order valence-electron chi connectivity index (χ2n) is 14.6. The Balaban J connectivity index is 6.22. The zero-order valence-corrected chi connectivity index (χ0v) is 39.6. The van der Waals surface area contributed by atoms with Crippen molar-refractivity contribution in [3.05, 3.63) is 0 Å². The van der Waals surface area contributed by atoms with Crippen LogP contribution in [0.5, 0.6) is 0 Å². The van der Waals surface area contributed by atoms with Crippen molar-refractivity contribution in [2.45, 2.75) is 150 Å². The molecule has 0 aromatic heterocycles. The Morgan fingerprint density at radius 1 is 0.312 bits per heavy atom. The molecular weight excluding hydrogens is 888 g/mol. The topological polar surface area (TPSA) is 0 Å². The Morgan fingerprint density at radius 3 is 0.625 bits per heavy atom. The molecule has 4 atom stereocenters. The van der Waals surface area contributed by atoms with Gasteiger partial charge in [-0.2, -0.15) is 0 Å². The van der Waals surface area contributed by atoms with Gasteiger partial charge in [0.15, 0.2) is 0 Å². The van der Waals surface area contributed by atoms with Gasteiger partial charge in [0, 0.05) is 0 Å². The second kappa shape index (κ2) is 13.2. The van der Waals surface area contributed by atoms with Crippen molar-refractivity contribution in [1.29, 1.82) is 0 Å². The summed E-state index contributed by atoms with van der Waals surface area (Å²) in [5.41, 5.74) is 0. The van der Waals surface area contributed by atoms with E-state index < -0.39 is 42.1 Å². The summed E-state index contributed by atoms with van der Waals surface area (Å²) in [7, 11) is -2.97. The van der Waals surface area contributed by atoms with Crippen LogP contribution in [-0.2, 0) is 0 Å². The molecular formula is C24H54As8. The molecule has 0 amide bonds. The van der Waals surface area contributed by atoms with Crippen LogP contribution in [0.15, 0.2) is 0 Å². The fourth-order valence-corrected chi connectivity index (χ4v) is 548. The molecule has 0 rings (SSSR count). The Labute approximate surface area is 238 Å². The van der Waals surface area contributed by atoms with E-state index in [2.05, 4.69) is 125 Å². The Hall–Kier alpha value is 4.47. The summed E-state index contributed by atoms with van der Waals surface area (Å²) >= 11 is 2.54. The van der Waals surface area contributed by atoms with Crippen molar-refractivity contribution >= 4 is 92.7 Å².